The van der Waals surface area contributed by atoms with Crippen LogP contribution >= 0.6 is 7.75 Å². The molecule has 32 heavy (non-hydrogen) atoms. The van der Waals surface area contributed by atoms with Gasteiger partial charge in [-0.3, -0.25) is 0 Å². The molecule has 3 aromatic carbocycles. The molecule has 0 unspecified atom stereocenters. The first-order valence-electron chi connectivity index (χ1n) is 9.94. The second-order valence-electron chi connectivity index (χ2n) is 7.13. The minimum atomic E-state index is -4.48. The molecule has 0 radical (unpaired) electrons. The van der Waals surface area contributed by atoms with E-state index in [0.29, 0.717) is 0 Å². The third-order valence-electron chi connectivity index (χ3n) is 4.72. The number of sulfonamides is 1. The smallest absolute Gasteiger partial charge is 0.404 e. The zero-order valence-corrected chi connectivity index (χ0v) is 19.0. The number of nitrogens with zero attached hydrogens (tertiary/aromatic N) is 1. The lowest BCUT2D eigenvalue weighted by Gasteiger charge is -2.32. The number of aryl methyl sites for hydroxylation is 1. The van der Waals surface area contributed by atoms with Crippen LogP contribution in [0.25, 0.3) is 0 Å². The Balaban J connectivity index is 1.86. The maximum atomic E-state index is 14.4. The Hall–Kier alpha value is -3.12. The van der Waals surface area contributed by atoms with E-state index in [2.05, 4.69) is 0 Å². The molecule has 6 nitrogen and oxygen atoms in total. The summed E-state index contributed by atoms with van der Waals surface area (Å²) in [6.07, 6.45) is 6.64. The maximum absolute atomic E-state index is 14.4. The molecule has 0 aromatic heterocycles. The largest absolute Gasteiger partial charge is 0.530 e. The number of hydrogen-bond acceptors (Lipinski definition) is 5. The first kappa shape index (κ1) is 22.1. The van der Waals surface area contributed by atoms with Crippen LogP contribution in [0.2, 0.25) is 0 Å². The fraction of sp³-hybridized carbons (Fsp3) is 0.0833. The van der Waals surface area contributed by atoms with Crippen molar-refractivity contribution in [2.75, 3.05) is 0 Å². The molecule has 0 saturated carbocycles. The van der Waals surface area contributed by atoms with Gasteiger partial charge in [-0.15, -0.1) is 0 Å². The van der Waals surface area contributed by atoms with Gasteiger partial charge in [0.1, 0.15) is 11.5 Å². The van der Waals surface area contributed by atoms with E-state index >= 15 is 0 Å². The molecule has 1 aliphatic rings. The standard InChI is InChI=1S/C24H22NO5PS/c1-20-16-18-24(19-17-20)32(27,28)25(21-10-8-9-11-21)31(26,29-22-12-4-2-5-13-22)30-23-14-6-3-7-15-23/h2-19,21H,1H3. The molecular weight excluding hydrogens is 445 g/mol. The van der Waals surface area contributed by atoms with Gasteiger partial charge in [0.05, 0.1) is 10.9 Å². The monoisotopic (exact) mass is 467 g/mol. The summed E-state index contributed by atoms with van der Waals surface area (Å²) in [5.74, 6) is 0.448. The zero-order valence-electron chi connectivity index (χ0n) is 17.3. The van der Waals surface area contributed by atoms with Crippen molar-refractivity contribution in [1.29, 1.82) is 0 Å². The molecule has 0 fully saturated rings. The van der Waals surface area contributed by atoms with E-state index in [-0.39, 0.29) is 16.4 Å². The van der Waals surface area contributed by atoms with Gasteiger partial charge in [0.15, 0.2) is 0 Å². The van der Waals surface area contributed by atoms with E-state index < -0.39 is 23.8 Å². The maximum Gasteiger partial charge on any atom is 0.530 e. The van der Waals surface area contributed by atoms with E-state index in [1.165, 1.54) is 12.1 Å². The summed E-state index contributed by atoms with van der Waals surface area (Å²) in [5, 5.41) is 0. The van der Waals surface area contributed by atoms with Gasteiger partial charge >= 0.3 is 7.75 Å². The highest BCUT2D eigenvalue weighted by molar-refractivity contribution is 7.94. The molecule has 164 valence electrons. The first-order valence-corrected chi connectivity index (χ1v) is 12.9. The van der Waals surface area contributed by atoms with Gasteiger partial charge in [0.25, 0.3) is 10.0 Å². The van der Waals surface area contributed by atoms with Crippen molar-refractivity contribution in [1.82, 2.24) is 4.08 Å². The second-order valence-corrected chi connectivity index (χ2v) is 10.9. The molecule has 0 bridgehead atoms. The van der Waals surface area contributed by atoms with Gasteiger partial charge in [-0.05, 0) is 43.3 Å². The topological polar surface area (TPSA) is 72.9 Å². The van der Waals surface area contributed by atoms with Crippen LogP contribution < -0.4 is 9.05 Å². The molecule has 8 heteroatoms. The summed E-state index contributed by atoms with van der Waals surface area (Å²) in [4.78, 5) is -0.00894. The number of benzene rings is 3. The van der Waals surface area contributed by atoms with Crippen LogP contribution in [0, 0.1) is 6.92 Å². The Bertz CT molecular complexity index is 1220. The Morgan fingerprint density at radius 2 is 1.22 bits per heavy atom. The van der Waals surface area contributed by atoms with Crippen LogP contribution in [0.3, 0.4) is 0 Å². The molecule has 0 saturated heterocycles. The summed E-state index contributed by atoms with van der Waals surface area (Å²) in [7, 11) is -8.76. The summed E-state index contributed by atoms with van der Waals surface area (Å²) in [5.41, 5.74) is 0.903. The Morgan fingerprint density at radius 3 is 1.69 bits per heavy atom. The fourth-order valence-corrected chi connectivity index (χ4v) is 7.32. The Kier molecular flexibility index (Phi) is 6.33. The molecule has 1 aliphatic carbocycles. The zero-order chi connectivity index (χ0) is 22.6. The lowest BCUT2D eigenvalue weighted by Crippen LogP contribution is -2.38. The predicted octanol–water partition coefficient (Wildman–Crippen LogP) is 5.75. The third-order valence-corrected chi connectivity index (χ3v) is 9.20. The van der Waals surface area contributed by atoms with E-state index in [9.17, 15) is 13.0 Å². The number of para-hydroxylation sites is 2. The van der Waals surface area contributed by atoms with Gasteiger partial charge in [-0.2, -0.15) is 0 Å². The predicted molar refractivity (Wildman–Crippen MR) is 124 cm³/mol. The van der Waals surface area contributed by atoms with Crippen LogP contribution in [0.4, 0.5) is 0 Å². The molecular formula is C24H22NO5PS. The molecule has 0 N–H and O–H groups in total. The highest BCUT2D eigenvalue weighted by Crippen LogP contribution is 2.56. The van der Waals surface area contributed by atoms with Gasteiger partial charge in [-0.25, -0.2) is 13.0 Å². The van der Waals surface area contributed by atoms with Crippen molar-refractivity contribution in [3.05, 3.63) is 115 Å². The number of allylic oxidation sites excluding steroid dienone is 2. The van der Waals surface area contributed by atoms with Crippen molar-refractivity contribution in [2.45, 2.75) is 17.9 Å². The second kappa shape index (κ2) is 9.17. The summed E-state index contributed by atoms with van der Waals surface area (Å²) < 4.78 is 54.4. The van der Waals surface area contributed by atoms with Crippen LogP contribution in [0.5, 0.6) is 11.5 Å². The Labute approximate surface area is 188 Å². The SMILES string of the molecule is Cc1ccc(S(=O)(=O)N(C2C=CC=C2)P(=O)(Oc2ccccc2)Oc2ccccc2)cc1. The van der Waals surface area contributed by atoms with Crippen molar-refractivity contribution in [3.63, 3.8) is 0 Å². The van der Waals surface area contributed by atoms with Crippen molar-refractivity contribution >= 4 is 17.8 Å². The lowest BCUT2D eigenvalue weighted by molar-refractivity contribution is 0.329. The molecule has 3 aromatic rings. The minimum Gasteiger partial charge on any atom is -0.404 e. The molecule has 0 heterocycles. The highest BCUT2D eigenvalue weighted by Gasteiger charge is 2.49. The van der Waals surface area contributed by atoms with Gasteiger partial charge < -0.3 is 9.05 Å². The highest BCUT2D eigenvalue weighted by atomic mass is 32.2. The van der Waals surface area contributed by atoms with Crippen LogP contribution in [-0.4, -0.2) is 18.5 Å². The summed E-state index contributed by atoms with van der Waals surface area (Å²) >= 11 is 0. The molecule has 4 rings (SSSR count). The number of rotatable bonds is 8. The number of hydrogen-bond donors (Lipinski definition) is 0. The lowest BCUT2D eigenvalue weighted by atomic mass is 10.2. The van der Waals surface area contributed by atoms with Crippen LogP contribution in [-0.2, 0) is 14.6 Å². The average Bonchev–Trinajstić information content (AvgIpc) is 3.29. The van der Waals surface area contributed by atoms with E-state index in [1.54, 1.807) is 97.1 Å². The van der Waals surface area contributed by atoms with Gasteiger partial charge in [0.2, 0.25) is 0 Å². The van der Waals surface area contributed by atoms with Crippen molar-refractivity contribution in [3.8, 4) is 11.5 Å². The summed E-state index contributed by atoms with van der Waals surface area (Å²) in [6, 6.07) is 22.2. The average molecular weight is 467 g/mol. The molecule has 0 aliphatic heterocycles. The molecule has 0 amide bonds. The van der Waals surface area contributed by atoms with E-state index in [1.807, 2.05) is 6.92 Å². The molecule has 0 atom stereocenters. The first-order chi connectivity index (χ1) is 15.4. The van der Waals surface area contributed by atoms with Gasteiger partial charge in [0, 0.05) is 0 Å². The Morgan fingerprint density at radius 1 is 0.750 bits per heavy atom. The van der Waals surface area contributed by atoms with Crippen LogP contribution in [0.15, 0.2) is 114 Å². The normalized spacial score (nSPS) is 14.1. The third kappa shape index (κ3) is 4.70. The minimum absolute atomic E-state index is 0.00894. The fourth-order valence-electron chi connectivity index (χ4n) is 3.17. The van der Waals surface area contributed by atoms with Crippen molar-refractivity contribution in [2.24, 2.45) is 0 Å². The van der Waals surface area contributed by atoms with Crippen molar-refractivity contribution < 1.29 is 22.0 Å². The van der Waals surface area contributed by atoms with Gasteiger partial charge in [-0.1, -0.05) is 82.5 Å². The molecule has 0 spiro atoms. The summed E-state index contributed by atoms with van der Waals surface area (Å²) in [6.45, 7) is 1.86. The van der Waals surface area contributed by atoms with E-state index in [4.69, 9.17) is 9.05 Å². The quantitative estimate of drug-likeness (QED) is 0.395. The van der Waals surface area contributed by atoms with Crippen LogP contribution in [0.1, 0.15) is 5.56 Å². The van der Waals surface area contributed by atoms with E-state index in [0.717, 1.165) is 9.64 Å².